The summed E-state index contributed by atoms with van der Waals surface area (Å²) in [5.74, 6) is 0.568. The molecule has 0 fully saturated rings. The molecule has 126 valence electrons. The van der Waals surface area contributed by atoms with Crippen molar-refractivity contribution in [3.8, 4) is 11.4 Å². The Labute approximate surface area is 146 Å². The van der Waals surface area contributed by atoms with E-state index in [0.717, 1.165) is 24.1 Å². The molecule has 6 heteroatoms. The number of nitrogens with zero attached hydrogens (tertiary/aromatic N) is 5. The van der Waals surface area contributed by atoms with E-state index in [1.165, 1.54) is 15.9 Å². The zero-order chi connectivity index (χ0) is 17.2. The Balaban J connectivity index is 1.47. The molecule has 4 rings (SSSR count). The van der Waals surface area contributed by atoms with E-state index in [0.29, 0.717) is 12.4 Å². The molecule has 3 aromatic rings. The molecule has 0 unspecified atom stereocenters. The molecule has 0 aliphatic carbocycles. The summed E-state index contributed by atoms with van der Waals surface area (Å²) >= 11 is 0. The SMILES string of the molecule is Cc1ccccc1-c1nnn(CC(=O)N2CCc3ccccc3C2)n1. The Morgan fingerprint density at radius 3 is 2.68 bits per heavy atom. The van der Waals surface area contributed by atoms with Gasteiger partial charge in [-0.2, -0.15) is 4.80 Å². The van der Waals surface area contributed by atoms with Crippen molar-refractivity contribution in [3.63, 3.8) is 0 Å². The third kappa shape index (κ3) is 3.15. The highest BCUT2D eigenvalue weighted by Gasteiger charge is 2.21. The Morgan fingerprint density at radius 2 is 1.84 bits per heavy atom. The maximum Gasteiger partial charge on any atom is 0.246 e. The number of fused-ring (bicyclic) bond motifs is 1. The summed E-state index contributed by atoms with van der Waals surface area (Å²) in [6, 6.07) is 16.2. The zero-order valence-electron chi connectivity index (χ0n) is 14.1. The lowest BCUT2D eigenvalue weighted by Crippen LogP contribution is -2.38. The van der Waals surface area contributed by atoms with Gasteiger partial charge in [-0.15, -0.1) is 10.2 Å². The Morgan fingerprint density at radius 1 is 1.08 bits per heavy atom. The summed E-state index contributed by atoms with van der Waals surface area (Å²) in [5, 5.41) is 12.5. The van der Waals surface area contributed by atoms with Crippen molar-refractivity contribution in [1.82, 2.24) is 25.1 Å². The maximum atomic E-state index is 12.6. The third-order valence-electron chi connectivity index (χ3n) is 4.60. The Kier molecular flexibility index (Phi) is 4.01. The number of amides is 1. The molecule has 25 heavy (non-hydrogen) atoms. The van der Waals surface area contributed by atoms with Gasteiger partial charge < -0.3 is 4.90 Å². The van der Waals surface area contributed by atoms with Crippen LogP contribution in [0.25, 0.3) is 11.4 Å². The lowest BCUT2D eigenvalue weighted by molar-refractivity contribution is -0.133. The molecule has 0 saturated heterocycles. The van der Waals surface area contributed by atoms with Crippen LogP contribution in [0.3, 0.4) is 0 Å². The van der Waals surface area contributed by atoms with Crippen molar-refractivity contribution in [2.24, 2.45) is 0 Å². The molecule has 0 saturated carbocycles. The Bertz CT molecular complexity index is 917. The molecule has 1 aromatic heterocycles. The predicted molar refractivity (Wildman–Crippen MR) is 93.6 cm³/mol. The smallest absolute Gasteiger partial charge is 0.246 e. The first-order valence-corrected chi connectivity index (χ1v) is 8.39. The molecule has 1 aliphatic rings. The van der Waals surface area contributed by atoms with E-state index in [4.69, 9.17) is 0 Å². The number of carbonyl (C=O) groups excluding carboxylic acids is 1. The highest BCUT2D eigenvalue weighted by Crippen LogP contribution is 2.19. The number of hydrogen-bond acceptors (Lipinski definition) is 4. The fourth-order valence-corrected chi connectivity index (χ4v) is 3.17. The summed E-state index contributed by atoms with van der Waals surface area (Å²) in [5.41, 5.74) is 4.57. The van der Waals surface area contributed by atoms with E-state index in [9.17, 15) is 4.79 Å². The minimum Gasteiger partial charge on any atom is -0.336 e. The molecular formula is C19H19N5O. The molecule has 0 bridgehead atoms. The molecule has 6 nitrogen and oxygen atoms in total. The van der Waals surface area contributed by atoms with Crippen LogP contribution in [0.1, 0.15) is 16.7 Å². The van der Waals surface area contributed by atoms with Crippen molar-refractivity contribution in [1.29, 1.82) is 0 Å². The van der Waals surface area contributed by atoms with Gasteiger partial charge in [0.1, 0.15) is 6.54 Å². The normalized spacial score (nSPS) is 13.6. The molecule has 0 radical (unpaired) electrons. The monoisotopic (exact) mass is 333 g/mol. The van der Waals surface area contributed by atoms with Crippen LogP contribution in [0, 0.1) is 6.92 Å². The van der Waals surface area contributed by atoms with Gasteiger partial charge in [0.15, 0.2) is 0 Å². The topological polar surface area (TPSA) is 63.9 Å². The number of rotatable bonds is 3. The van der Waals surface area contributed by atoms with Crippen LogP contribution in [-0.4, -0.2) is 37.6 Å². The predicted octanol–water partition coefficient (Wildman–Crippen LogP) is 2.23. The summed E-state index contributed by atoms with van der Waals surface area (Å²) < 4.78 is 0. The molecule has 1 aliphatic heterocycles. The molecular weight excluding hydrogens is 314 g/mol. The number of carbonyl (C=O) groups is 1. The summed E-state index contributed by atoms with van der Waals surface area (Å²) in [6.45, 7) is 3.50. The van der Waals surface area contributed by atoms with Crippen LogP contribution in [0.4, 0.5) is 0 Å². The zero-order valence-corrected chi connectivity index (χ0v) is 14.1. The van der Waals surface area contributed by atoms with Gasteiger partial charge >= 0.3 is 0 Å². The number of aryl methyl sites for hydroxylation is 1. The second-order valence-electron chi connectivity index (χ2n) is 6.29. The van der Waals surface area contributed by atoms with Gasteiger partial charge in [-0.1, -0.05) is 48.5 Å². The third-order valence-corrected chi connectivity index (χ3v) is 4.60. The van der Waals surface area contributed by atoms with E-state index in [2.05, 4.69) is 27.5 Å². The van der Waals surface area contributed by atoms with Crippen LogP contribution < -0.4 is 0 Å². The average molecular weight is 333 g/mol. The summed E-state index contributed by atoms with van der Waals surface area (Å²) in [7, 11) is 0. The maximum absolute atomic E-state index is 12.6. The Hall–Kier alpha value is -3.02. The van der Waals surface area contributed by atoms with Crippen LogP contribution >= 0.6 is 0 Å². The van der Waals surface area contributed by atoms with Crippen molar-refractivity contribution < 1.29 is 4.79 Å². The number of aromatic nitrogens is 4. The van der Waals surface area contributed by atoms with Crippen LogP contribution in [-0.2, 0) is 24.3 Å². The first kappa shape index (κ1) is 15.5. The van der Waals surface area contributed by atoms with Crippen molar-refractivity contribution >= 4 is 5.91 Å². The quantitative estimate of drug-likeness (QED) is 0.737. The number of hydrogen-bond donors (Lipinski definition) is 0. The van der Waals surface area contributed by atoms with Crippen LogP contribution in [0.5, 0.6) is 0 Å². The highest BCUT2D eigenvalue weighted by atomic mass is 16.2. The largest absolute Gasteiger partial charge is 0.336 e. The molecule has 0 atom stereocenters. The second-order valence-corrected chi connectivity index (χ2v) is 6.29. The van der Waals surface area contributed by atoms with Gasteiger partial charge in [0.05, 0.1) is 0 Å². The first-order valence-electron chi connectivity index (χ1n) is 8.39. The lowest BCUT2D eigenvalue weighted by atomic mass is 10.00. The second kappa shape index (κ2) is 6.47. The fourth-order valence-electron chi connectivity index (χ4n) is 3.17. The van der Waals surface area contributed by atoms with Gasteiger partial charge in [-0.05, 0) is 35.2 Å². The van der Waals surface area contributed by atoms with E-state index < -0.39 is 0 Å². The van der Waals surface area contributed by atoms with Crippen LogP contribution in [0.2, 0.25) is 0 Å². The summed E-state index contributed by atoms with van der Waals surface area (Å²) in [6.07, 6.45) is 0.890. The van der Waals surface area contributed by atoms with Gasteiger partial charge in [0, 0.05) is 18.7 Å². The van der Waals surface area contributed by atoms with E-state index >= 15 is 0 Å². The lowest BCUT2D eigenvalue weighted by Gasteiger charge is -2.28. The van der Waals surface area contributed by atoms with Crippen molar-refractivity contribution in [2.45, 2.75) is 26.4 Å². The minimum atomic E-state index is 0.0169. The molecule has 2 heterocycles. The van der Waals surface area contributed by atoms with E-state index in [1.54, 1.807) is 0 Å². The van der Waals surface area contributed by atoms with E-state index in [-0.39, 0.29) is 12.5 Å². The van der Waals surface area contributed by atoms with Gasteiger partial charge in [-0.25, -0.2) is 0 Å². The first-order chi connectivity index (χ1) is 12.2. The van der Waals surface area contributed by atoms with Crippen molar-refractivity contribution in [2.75, 3.05) is 6.54 Å². The number of benzene rings is 2. The molecule has 1 amide bonds. The molecule has 2 aromatic carbocycles. The van der Waals surface area contributed by atoms with Gasteiger partial charge in [-0.3, -0.25) is 4.79 Å². The average Bonchev–Trinajstić information content (AvgIpc) is 3.10. The standard InChI is InChI=1S/C19H19N5O/c1-14-6-2-5-9-17(14)19-20-22-24(21-19)13-18(25)23-11-10-15-7-3-4-8-16(15)12-23/h2-9H,10-13H2,1H3. The minimum absolute atomic E-state index is 0.0169. The highest BCUT2D eigenvalue weighted by molar-refractivity contribution is 5.76. The fraction of sp³-hybridized carbons (Fsp3) is 0.263. The van der Waals surface area contributed by atoms with Gasteiger partial charge in [0.25, 0.3) is 0 Å². The van der Waals surface area contributed by atoms with E-state index in [1.807, 2.05) is 48.2 Å². The molecule has 0 N–H and O–H groups in total. The summed E-state index contributed by atoms with van der Waals surface area (Å²) in [4.78, 5) is 15.8. The number of tetrazole rings is 1. The molecule has 0 spiro atoms. The van der Waals surface area contributed by atoms with Crippen molar-refractivity contribution in [3.05, 3.63) is 65.2 Å². The van der Waals surface area contributed by atoms with Gasteiger partial charge in [0.2, 0.25) is 11.7 Å². The van der Waals surface area contributed by atoms with Crippen LogP contribution in [0.15, 0.2) is 48.5 Å².